The van der Waals surface area contributed by atoms with E-state index < -0.39 is 10.2 Å². The van der Waals surface area contributed by atoms with Gasteiger partial charge in [0.15, 0.2) is 0 Å². The molecule has 1 aromatic carbocycles. The summed E-state index contributed by atoms with van der Waals surface area (Å²) >= 11 is 1.40. The number of anilines is 2. The number of rotatable bonds is 4. The summed E-state index contributed by atoms with van der Waals surface area (Å²) < 4.78 is 27.8. The van der Waals surface area contributed by atoms with Gasteiger partial charge in [0, 0.05) is 19.3 Å². The van der Waals surface area contributed by atoms with Crippen molar-refractivity contribution in [3.05, 3.63) is 46.2 Å². The molecule has 1 amide bonds. The summed E-state index contributed by atoms with van der Waals surface area (Å²) in [6, 6.07) is 8.88. The lowest BCUT2D eigenvalue weighted by Gasteiger charge is -2.17. The van der Waals surface area contributed by atoms with Gasteiger partial charge >= 0.3 is 0 Å². The van der Waals surface area contributed by atoms with Crippen LogP contribution in [0.5, 0.6) is 0 Å². The molecule has 0 aliphatic carbocycles. The van der Waals surface area contributed by atoms with Gasteiger partial charge in [0.1, 0.15) is 0 Å². The van der Waals surface area contributed by atoms with Crippen LogP contribution in [0.25, 0.3) is 0 Å². The molecule has 3 rings (SSSR count). The average Bonchev–Trinajstić information content (AvgIpc) is 3.15. The molecule has 2 N–H and O–H groups in total. The van der Waals surface area contributed by atoms with E-state index in [0.29, 0.717) is 17.1 Å². The van der Waals surface area contributed by atoms with E-state index in [1.54, 1.807) is 23.1 Å². The van der Waals surface area contributed by atoms with Gasteiger partial charge in [-0.1, -0.05) is 12.1 Å². The zero-order chi connectivity index (χ0) is 15.7. The molecule has 116 valence electrons. The van der Waals surface area contributed by atoms with Gasteiger partial charge in [0.2, 0.25) is 0 Å². The second kappa shape index (κ2) is 5.71. The first-order chi connectivity index (χ1) is 10.5. The number of hydrogen-bond acceptors (Lipinski definition) is 4. The highest BCUT2D eigenvalue weighted by atomic mass is 32.2. The Balaban J connectivity index is 1.91. The number of amides is 1. The number of hydrogen-bond donors (Lipinski definition) is 2. The van der Waals surface area contributed by atoms with E-state index in [1.165, 1.54) is 18.4 Å². The van der Waals surface area contributed by atoms with Crippen molar-refractivity contribution in [1.29, 1.82) is 0 Å². The van der Waals surface area contributed by atoms with Crippen molar-refractivity contribution in [2.75, 3.05) is 23.2 Å². The van der Waals surface area contributed by atoms with Crippen molar-refractivity contribution in [3.8, 4) is 0 Å². The van der Waals surface area contributed by atoms with Crippen LogP contribution in [-0.2, 0) is 16.6 Å². The van der Waals surface area contributed by atoms with Gasteiger partial charge in [-0.15, -0.1) is 11.3 Å². The van der Waals surface area contributed by atoms with Crippen LogP contribution in [0.15, 0.2) is 35.7 Å². The molecule has 0 saturated heterocycles. The maximum absolute atomic E-state index is 12.5. The topological polar surface area (TPSA) is 78.5 Å². The second-order valence-corrected chi connectivity index (χ2v) is 7.40. The maximum atomic E-state index is 12.5. The minimum Gasteiger partial charge on any atom is -0.307 e. The molecule has 0 atom stereocenters. The highest BCUT2D eigenvalue weighted by Gasteiger charge is 2.26. The molecule has 0 spiro atoms. The highest BCUT2D eigenvalue weighted by molar-refractivity contribution is 7.90. The summed E-state index contributed by atoms with van der Waals surface area (Å²) in [5.74, 6) is -0.0534. The molecule has 0 unspecified atom stereocenters. The van der Waals surface area contributed by atoms with E-state index in [0.717, 1.165) is 17.7 Å². The summed E-state index contributed by atoms with van der Waals surface area (Å²) in [5.41, 5.74) is 2.23. The Bertz CT molecular complexity index is 801. The molecular formula is C14H15N3O3S2. The van der Waals surface area contributed by atoms with E-state index in [1.807, 2.05) is 17.5 Å². The lowest BCUT2D eigenvalue weighted by Crippen LogP contribution is -2.28. The number of nitrogens with one attached hydrogen (secondary N) is 2. The smallest absolute Gasteiger partial charge is 0.298 e. The Kier molecular flexibility index (Phi) is 3.90. The largest absolute Gasteiger partial charge is 0.307 e. The monoisotopic (exact) mass is 337 g/mol. The summed E-state index contributed by atoms with van der Waals surface area (Å²) in [6.07, 6.45) is 0.769. The van der Waals surface area contributed by atoms with Crippen LogP contribution in [0.4, 0.5) is 11.4 Å². The molecule has 22 heavy (non-hydrogen) atoms. The molecule has 1 aliphatic rings. The van der Waals surface area contributed by atoms with Gasteiger partial charge in [-0.25, -0.2) is 4.72 Å². The highest BCUT2D eigenvalue weighted by Crippen LogP contribution is 2.32. The second-order valence-electron chi connectivity index (χ2n) is 4.84. The van der Waals surface area contributed by atoms with Crippen molar-refractivity contribution >= 4 is 38.8 Å². The molecule has 0 radical (unpaired) electrons. The molecule has 6 nitrogen and oxygen atoms in total. The van der Waals surface area contributed by atoms with Gasteiger partial charge < -0.3 is 4.90 Å². The Hall–Kier alpha value is -1.90. The molecule has 8 heteroatoms. The predicted molar refractivity (Wildman–Crippen MR) is 87.7 cm³/mol. The number of thiophene rings is 1. The summed E-state index contributed by atoms with van der Waals surface area (Å²) in [6.45, 7) is 0.605. The van der Waals surface area contributed by atoms with Crippen molar-refractivity contribution < 1.29 is 13.2 Å². The van der Waals surface area contributed by atoms with Gasteiger partial charge in [-0.2, -0.15) is 8.42 Å². The molecule has 0 saturated carbocycles. The molecule has 0 bridgehead atoms. The SMILES string of the molecule is CNS(=O)(=O)Nc1ccc2c(c1)N(C(=O)c1cccs1)CC2. The van der Waals surface area contributed by atoms with Crippen LogP contribution >= 0.6 is 11.3 Å². The quantitative estimate of drug-likeness (QED) is 0.893. The summed E-state index contributed by atoms with van der Waals surface area (Å²) in [4.78, 5) is 14.9. The lowest BCUT2D eigenvalue weighted by atomic mass is 10.1. The van der Waals surface area contributed by atoms with Crippen LogP contribution in [0.2, 0.25) is 0 Å². The predicted octanol–water partition coefficient (Wildman–Crippen LogP) is 1.83. The summed E-state index contributed by atoms with van der Waals surface area (Å²) in [7, 11) is -2.24. The minimum atomic E-state index is -3.57. The summed E-state index contributed by atoms with van der Waals surface area (Å²) in [5, 5.41) is 1.86. The van der Waals surface area contributed by atoms with Crippen LogP contribution < -0.4 is 14.3 Å². The molecule has 2 heterocycles. The number of fused-ring (bicyclic) bond motifs is 1. The van der Waals surface area contributed by atoms with E-state index in [2.05, 4.69) is 9.44 Å². The number of carbonyl (C=O) groups is 1. The maximum Gasteiger partial charge on any atom is 0.298 e. The number of nitrogens with zero attached hydrogens (tertiary/aromatic N) is 1. The standard InChI is InChI=1S/C14H15N3O3S2/c1-15-22(19,20)16-11-5-4-10-6-7-17(12(10)9-11)14(18)13-3-2-8-21-13/h2-5,8-9,15-16H,6-7H2,1H3. The first kappa shape index (κ1) is 15.0. The number of benzene rings is 1. The van der Waals surface area contributed by atoms with Crippen LogP contribution in [0, 0.1) is 0 Å². The fourth-order valence-electron chi connectivity index (χ4n) is 2.39. The van der Waals surface area contributed by atoms with Gasteiger partial charge in [0.05, 0.1) is 10.6 Å². The van der Waals surface area contributed by atoms with Crippen LogP contribution in [-0.4, -0.2) is 27.9 Å². The van der Waals surface area contributed by atoms with Crippen LogP contribution in [0.3, 0.4) is 0 Å². The molecular weight excluding hydrogens is 322 g/mol. The molecule has 1 aliphatic heterocycles. The normalized spacial score (nSPS) is 14.0. The van der Waals surface area contributed by atoms with E-state index in [4.69, 9.17) is 0 Å². The van der Waals surface area contributed by atoms with Crippen LogP contribution in [0.1, 0.15) is 15.2 Å². The Morgan fingerprint density at radius 2 is 2.14 bits per heavy atom. The van der Waals surface area contributed by atoms with E-state index in [9.17, 15) is 13.2 Å². The zero-order valence-corrected chi connectivity index (χ0v) is 13.5. The Labute approximate surface area is 133 Å². The average molecular weight is 337 g/mol. The third-order valence-electron chi connectivity index (χ3n) is 3.48. The first-order valence-electron chi connectivity index (χ1n) is 6.70. The number of carbonyl (C=O) groups excluding carboxylic acids is 1. The van der Waals surface area contributed by atoms with Crippen molar-refractivity contribution in [1.82, 2.24) is 4.72 Å². The molecule has 0 fully saturated rings. The minimum absolute atomic E-state index is 0.0534. The Morgan fingerprint density at radius 1 is 1.32 bits per heavy atom. The van der Waals surface area contributed by atoms with Crippen molar-refractivity contribution in [3.63, 3.8) is 0 Å². The molecule has 1 aromatic heterocycles. The van der Waals surface area contributed by atoms with Crippen molar-refractivity contribution in [2.45, 2.75) is 6.42 Å². The Morgan fingerprint density at radius 3 is 2.82 bits per heavy atom. The fraction of sp³-hybridized carbons (Fsp3) is 0.214. The fourth-order valence-corrected chi connectivity index (χ4v) is 3.60. The third kappa shape index (κ3) is 2.85. The van der Waals surface area contributed by atoms with E-state index in [-0.39, 0.29) is 5.91 Å². The zero-order valence-electron chi connectivity index (χ0n) is 11.9. The lowest BCUT2D eigenvalue weighted by molar-refractivity contribution is 0.0993. The van der Waals surface area contributed by atoms with E-state index >= 15 is 0 Å². The third-order valence-corrected chi connectivity index (χ3v) is 5.38. The van der Waals surface area contributed by atoms with Gasteiger partial charge in [-0.05, 0) is 35.6 Å². The first-order valence-corrected chi connectivity index (χ1v) is 9.06. The van der Waals surface area contributed by atoms with Crippen molar-refractivity contribution in [2.24, 2.45) is 0 Å². The molecule has 2 aromatic rings. The van der Waals surface area contributed by atoms with Gasteiger partial charge in [0.25, 0.3) is 16.1 Å². The van der Waals surface area contributed by atoms with Gasteiger partial charge in [-0.3, -0.25) is 9.52 Å².